The number of hydrogen-bond acceptors (Lipinski definition) is 5. The maximum absolute atomic E-state index is 12.4. The van der Waals surface area contributed by atoms with Gasteiger partial charge in [-0.1, -0.05) is 13.0 Å². The van der Waals surface area contributed by atoms with E-state index < -0.39 is 5.97 Å². The molecule has 0 atom stereocenters. The zero-order valence-corrected chi connectivity index (χ0v) is 16.4. The van der Waals surface area contributed by atoms with Crippen LogP contribution in [-0.4, -0.2) is 52.2 Å². The van der Waals surface area contributed by atoms with Gasteiger partial charge in [-0.3, -0.25) is 9.69 Å². The van der Waals surface area contributed by atoms with Crippen LogP contribution in [0.4, 0.5) is 10.5 Å². The normalized spacial score (nSPS) is 18.6. The summed E-state index contributed by atoms with van der Waals surface area (Å²) in [4.78, 5) is 29.5. The van der Waals surface area contributed by atoms with E-state index in [1.807, 2.05) is 43.9 Å². The summed E-state index contributed by atoms with van der Waals surface area (Å²) in [6, 6.07) is 5.64. The number of urea groups is 1. The molecule has 28 heavy (non-hydrogen) atoms. The van der Waals surface area contributed by atoms with Gasteiger partial charge in [0.05, 0.1) is 12.2 Å². The Labute approximate surface area is 163 Å². The lowest BCUT2D eigenvalue weighted by Gasteiger charge is -2.42. The highest BCUT2D eigenvalue weighted by Gasteiger charge is 2.34. The van der Waals surface area contributed by atoms with E-state index in [1.165, 1.54) is 0 Å². The second-order valence-corrected chi connectivity index (χ2v) is 7.20. The monoisotopic (exact) mass is 386 g/mol. The van der Waals surface area contributed by atoms with Crippen LogP contribution >= 0.6 is 0 Å². The summed E-state index contributed by atoms with van der Waals surface area (Å²) < 4.78 is 5.43. The molecule has 0 aliphatic heterocycles. The summed E-state index contributed by atoms with van der Waals surface area (Å²) in [5.41, 5.74) is 3.23. The Morgan fingerprint density at radius 1 is 1.32 bits per heavy atom. The van der Waals surface area contributed by atoms with E-state index in [0.29, 0.717) is 18.1 Å². The quantitative estimate of drug-likeness (QED) is 0.675. The number of aromatic nitrogens is 1. The predicted octanol–water partition coefficient (Wildman–Crippen LogP) is 3.02. The van der Waals surface area contributed by atoms with Crippen molar-refractivity contribution in [2.75, 3.05) is 18.4 Å². The van der Waals surface area contributed by atoms with Gasteiger partial charge in [0.25, 0.3) is 0 Å². The molecule has 0 radical (unpaired) electrons. The first-order chi connectivity index (χ1) is 13.4. The van der Waals surface area contributed by atoms with Gasteiger partial charge in [0.2, 0.25) is 5.89 Å². The smallest absolute Gasteiger partial charge is 0.319 e. The third-order valence-corrected chi connectivity index (χ3v) is 5.06. The van der Waals surface area contributed by atoms with Crippen molar-refractivity contribution in [2.45, 2.75) is 45.7 Å². The molecule has 1 aliphatic carbocycles. The van der Waals surface area contributed by atoms with Crippen molar-refractivity contribution in [3.63, 3.8) is 0 Å². The summed E-state index contributed by atoms with van der Waals surface area (Å²) in [7, 11) is 0. The van der Waals surface area contributed by atoms with Crippen molar-refractivity contribution in [3.8, 4) is 11.5 Å². The molecule has 1 aromatic carbocycles. The molecular weight excluding hydrogens is 360 g/mol. The molecule has 0 saturated heterocycles. The third kappa shape index (κ3) is 4.69. The van der Waals surface area contributed by atoms with Crippen LogP contribution in [0.3, 0.4) is 0 Å². The molecule has 8 nitrogen and oxygen atoms in total. The van der Waals surface area contributed by atoms with Crippen molar-refractivity contribution in [1.29, 1.82) is 0 Å². The Morgan fingerprint density at radius 2 is 2.07 bits per heavy atom. The number of aliphatic carboxylic acids is 1. The van der Waals surface area contributed by atoms with Crippen molar-refractivity contribution in [1.82, 2.24) is 15.2 Å². The first-order valence-electron chi connectivity index (χ1n) is 9.42. The van der Waals surface area contributed by atoms with E-state index in [-0.39, 0.29) is 24.7 Å². The zero-order valence-electron chi connectivity index (χ0n) is 16.4. The van der Waals surface area contributed by atoms with Crippen LogP contribution in [0.25, 0.3) is 11.5 Å². The Kier molecular flexibility index (Phi) is 5.99. The van der Waals surface area contributed by atoms with Gasteiger partial charge in [-0.15, -0.1) is 0 Å². The highest BCUT2D eigenvalue weighted by atomic mass is 16.4. The minimum Gasteiger partial charge on any atom is -0.480 e. The fourth-order valence-corrected chi connectivity index (χ4v) is 3.40. The highest BCUT2D eigenvalue weighted by molar-refractivity contribution is 5.91. The van der Waals surface area contributed by atoms with E-state index in [0.717, 1.165) is 29.7 Å². The van der Waals surface area contributed by atoms with Crippen LogP contribution in [-0.2, 0) is 4.79 Å². The lowest BCUT2D eigenvalue weighted by molar-refractivity contribution is -0.139. The Balaban J connectivity index is 1.55. The molecular formula is C20H26N4O4. The maximum Gasteiger partial charge on any atom is 0.319 e. The number of nitrogens with one attached hydrogen (secondary N) is 2. The molecule has 1 fully saturated rings. The minimum absolute atomic E-state index is 0.0341. The number of aryl methyl sites for hydroxylation is 2. The number of oxazole rings is 1. The molecule has 1 aliphatic rings. The number of nitrogens with zero attached hydrogens (tertiary/aromatic N) is 2. The fourth-order valence-electron chi connectivity index (χ4n) is 3.40. The molecule has 3 rings (SSSR count). The molecule has 150 valence electrons. The molecule has 2 amide bonds. The van der Waals surface area contributed by atoms with Crippen molar-refractivity contribution < 1.29 is 19.1 Å². The van der Waals surface area contributed by atoms with Crippen LogP contribution in [0, 0.1) is 13.8 Å². The molecule has 1 heterocycles. The number of rotatable bonds is 7. The van der Waals surface area contributed by atoms with Gasteiger partial charge < -0.3 is 20.2 Å². The molecule has 8 heteroatoms. The number of carboxylic acids is 1. The molecule has 1 aromatic heterocycles. The van der Waals surface area contributed by atoms with Crippen LogP contribution in [0.5, 0.6) is 0 Å². The average Bonchev–Trinajstić information content (AvgIpc) is 3.04. The second kappa shape index (κ2) is 8.43. The van der Waals surface area contributed by atoms with Gasteiger partial charge >= 0.3 is 12.0 Å². The lowest BCUT2D eigenvalue weighted by atomic mass is 9.85. The summed E-state index contributed by atoms with van der Waals surface area (Å²) in [6.07, 6.45) is 3.10. The first-order valence-corrected chi connectivity index (χ1v) is 9.42. The number of carbonyl (C=O) groups excluding carboxylic acids is 1. The van der Waals surface area contributed by atoms with E-state index >= 15 is 0 Å². The Morgan fingerprint density at radius 3 is 2.68 bits per heavy atom. The Bertz CT molecular complexity index is 858. The predicted molar refractivity (Wildman–Crippen MR) is 105 cm³/mol. The van der Waals surface area contributed by atoms with Gasteiger partial charge in [0.1, 0.15) is 6.26 Å². The van der Waals surface area contributed by atoms with Gasteiger partial charge in [-0.25, -0.2) is 9.78 Å². The van der Waals surface area contributed by atoms with Gasteiger partial charge in [0.15, 0.2) is 0 Å². The lowest BCUT2D eigenvalue weighted by Crippen LogP contribution is -2.55. The number of amides is 2. The van der Waals surface area contributed by atoms with Crippen LogP contribution < -0.4 is 10.6 Å². The Hall–Kier alpha value is -2.87. The SMILES string of the molecule is CCN(CC(=O)O)C1CC(NC(=O)Nc2cc(-c3nc(C)co3)ccc2C)C1. The molecule has 0 unspecified atom stereocenters. The number of hydrogen-bond donors (Lipinski definition) is 3. The molecule has 1 saturated carbocycles. The fraction of sp³-hybridized carbons (Fsp3) is 0.450. The maximum atomic E-state index is 12.4. The van der Waals surface area contributed by atoms with Crippen LogP contribution in [0.2, 0.25) is 0 Å². The highest BCUT2D eigenvalue weighted by Crippen LogP contribution is 2.27. The largest absolute Gasteiger partial charge is 0.480 e. The van der Waals surface area contributed by atoms with Gasteiger partial charge in [-0.2, -0.15) is 0 Å². The number of carboxylic acid groups (broad SMARTS) is 1. The summed E-state index contributed by atoms with van der Waals surface area (Å²) in [5, 5.41) is 14.8. The molecule has 3 N–H and O–H groups in total. The topological polar surface area (TPSA) is 108 Å². The van der Waals surface area contributed by atoms with E-state index in [1.54, 1.807) is 6.26 Å². The third-order valence-electron chi connectivity index (χ3n) is 5.06. The number of likely N-dealkylation sites (N-methyl/N-ethyl adjacent to an activating group) is 1. The first kappa shape index (κ1) is 19.9. The number of benzene rings is 1. The van der Waals surface area contributed by atoms with E-state index in [9.17, 15) is 9.59 Å². The zero-order chi connectivity index (χ0) is 20.3. The minimum atomic E-state index is -0.826. The molecule has 2 aromatic rings. The number of anilines is 1. The van der Waals surface area contributed by atoms with Gasteiger partial charge in [0, 0.05) is 23.3 Å². The van der Waals surface area contributed by atoms with E-state index in [2.05, 4.69) is 15.6 Å². The molecule has 0 bridgehead atoms. The van der Waals surface area contributed by atoms with Crippen molar-refractivity contribution >= 4 is 17.7 Å². The van der Waals surface area contributed by atoms with Gasteiger partial charge in [-0.05, 0) is 50.9 Å². The summed E-state index contributed by atoms with van der Waals surface area (Å²) >= 11 is 0. The number of carbonyl (C=O) groups is 2. The average molecular weight is 386 g/mol. The standard InChI is InChI=1S/C20H26N4O4/c1-4-24(10-18(25)26)16-8-15(9-16)22-20(27)23-17-7-14(6-5-12(17)2)19-21-13(3)11-28-19/h5-7,11,15-16H,4,8-10H2,1-3H3,(H,25,26)(H2,22,23,27). The summed E-state index contributed by atoms with van der Waals surface area (Å²) in [6.45, 7) is 6.44. The second-order valence-electron chi connectivity index (χ2n) is 7.20. The summed E-state index contributed by atoms with van der Waals surface area (Å²) in [5.74, 6) is -0.312. The van der Waals surface area contributed by atoms with Crippen molar-refractivity contribution in [3.05, 3.63) is 35.7 Å². The van der Waals surface area contributed by atoms with E-state index in [4.69, 9.17) is 9.52 Å². The van der Waals surface area contributed by atoms with Crippen LogP contribution in [0.1, 0.15) is 31.0 Å². The van der Waals surface area contributed by atoms with Crippen molar-refractivity contribution in [2.24, 2.45) is 0 Å². The molecule has 0 spiro atoms. The van der Waals surface area contributed by atoms with Crippen LogP contribution in [0.15, 0.2) is 28.9 Å².